The average Bonchev–Trinajstić information content (AvgIpc) is 3.34. The van der Waals surface area contributed by atoms with Gasteiger partial charge >= 0.3 is 0 Å². The summed E-state index contributed by atoms with van der Waals surface area (Å²) in [7, 11) is 0. The van der Waals surface area contributed by atoms with Crippen molar-refractivity contribution in [1.82, 2.24) is 0 Å². The van der Waals surface area contributed by atoms with E-state index in [0.29, 0.717) is 19.3 Å². The number of rotatable bonds is 3. The van der Waals surface area contributed by atoms with Crippen LogP contribution in [0.2, 0.25) is 0 Å². The van der Waals surface area contributed by atoms with E-state index in [1.807, 2.05) is 13.8 Å². The molecule has 0 aromatic heterocycles. The second-order valence-corrected chi connectivity index (χ2v) is 11.6. The van der Waals surface area contributed by atoms with E-state index in [-0.39, 0.29) is 46.9 Å². The Morgan fingerprint density at radius 1 is 1.27 bits per heavy atom. The van der Waals surface area contributed by atoms with Crippen molar-refractivity contribution >= 4 is 22.7 Å². The Bertz CT molecular complexity index is 964. The molecule has 3 saturated carbocycles. The van der Waals surface area contributed by atoms with Gasteiger partial charge in [-0.25, -0.2) is 8.78 Å². The molecule has 1 aliphatic heterocycles. The monoisotopic (exact) mass is 482 g/mol. The van der Waals surface area contributed by atoms with Crippen LogP contribution in [0.1, 0.15) is 59.3 Å². The summed E-state index contributed by atoms with van der Waals surface area (Å²) in [6, 6.07) is 0. The van der Waals surface area contributed by atoms with Crippen LogP contribution in [0.4, 0.5) is 8.78 Å². The van der Waals surface area contributed by atoms with E-state index in [2.05, 4.69) is 0 Å². The van der Waals surface area contributed by atoms with E-state index in [4.69, 9.17) is 9.47 Å². The molecule has 0 spiro atoms. The lowest BCUT2D eigenvalue weighted by molar-refractivity contribution is -0.212. The minimum atomic E-state index is -2.24. The number of aliphatic hydroxyl groups excluding tert-OH is 1. The average molecular weight is 483 g/mol. The molecule has 0 saturated heterocycles. The zero-order chi connectivity index (χ0) is 23.9. The fraction of sp³-hybridized carbons (Fsp3) is 0.760. The minimum Gasteiger partial charge on any atom is -0.454 e. The molecule has 1 heterocycles. The molecule has 182 valence electrons. The van der Waals surface area contributed by atoms with Crippen LogP contribution in [0.25, 0.3) is 0 Å². The fourth-order valence-electron chi connectivity index (χ4n) is 7.79. The van der Waals surface area contributed by atoms with Gasteiger partial charge in [-0.2, -0.15) is 0 Å². The fourth-order valence-corrected chi connectivity index (χ4v) is 8.46. The third-order valence-electron chi connectivity index (χ3n) is 9.37. The highest BCUT2D eigenvalue weighted by Gasteiger charge is 2.75. The number of thioether (sulfide) groups is 1. The summed E-state index contributed by atoms with van der Waals surface area (Å²) in [5.74, 6) is -1.90. The molecule has 1 N–H and O–H groups in total. The molecule has 33 heavy (non-hydrogen) atoms. The SMILES string of the molecule is CCCC1OC2=C(O1)[C@@]1(C)C(=CC2=O)[C@@H](F)C[C@H]2[C@@H]3CC[C@@H](C(=O)SC)[C@@]3(C)C[C@H](O)[C@@]21F. The third-order valence-corrected chi connectivity index (χ3v) is 10.1. The molecule has 5 nitrogen and oxygen atoms in total. The quantitative estimate of drug-likeness (QED) is 0.632. The third kappa shape index (κ3) is 2.79. The molecule has 9 atom stereocenters. The van der Waals surface area contributed by atoms with Gasteiger partial charge in [-0.1, -0.05) is 25.6 Å². The molecule has 8 heteroatoms. The predicted molar refractivity (Wildman–Crippen MR) is 119 cm³/mol. The smallest absolute Gasteiger partial charge is 0.241 e. The van der Waals surface area contributed by atoms with Gasteiger partial charge in [0.25, 0.3) is 0 Å². The van der Waals surface area contributed by atoms with Crippen LogP contribution in [0, 0.1) is 28.6 Å². The number of alkyl halides is 2. The molecule has 3 fully saturated rings. The Kier molecular flexibility index (Phi) is 5.33. The normalized spacial score (nSPS) is 48.2. The van der Waals surface area contributed by atoms with Crippen LogP contribution in [0.15, 0.2) is 23.2 Å². The summed E-state index contributed by atoms with van der Waals surface area (Å²) < 4.78 is 45.1. The molecule has 0 radical (unpaired) electrons. The van der Waals surface area contributed by atoms with Crippen molar-refractivity contribution in [3.05, 3.63) is 23.2 Å². The highest BCUT2D eigenvalue weighted by Crippen LogP contribution is 2.71. The Hall–Kier alpha value is -1.41. The molecule has 5 rings (SSSR count). The van der Waals surface area contributed by atoms with Gasteiger partial charge in [-0.15, -0.1) is 0 Å². The number of carbonyl (C=O) groups is 2. The van der Waals surface area contributed by atoms with Gasteiger partial charge in [0.2, 0.25) is 17.8 Å². The summed E-state index contributed by atoms with van der Waals surface area (Å²) >= 11 is 1.16. The Morgan fingerprint density at radius 3 is 2.67 bits per heavy atom. The van der Waals surface area contributed by atoms with Crippen LogP contribution in [0.3, 0.4) is 0 Å². The van der Waals surface area contributed by atoms with E-state index in [0.717, 1.165) is 24.3 Å². The minimum absolute atomic E-state index is 0.0238. The van der Waals surface area contributed by atoms with E-state index >= 15 is 8.78 Å². The first-order valence-electron chi connectivity index (χ1n) is 12.0. The highest BCUT2D eigenvalue weighted by molar-refractivity contribution is 8.13. The number of ketones is 1. The number of carbonyl (C=O) groups excluding carboxylic acids is 2. The zero-order valence-corrected chi connectivity index (χ0v) is 20.3. The Labute approximate surface area is 197 Å². The van der Waals surface area contributed by atoms with Crippen LogP contribution in [0.5, 0.6) is 0 Å². The van der Waals surface area contributed by atoms with Crippen molar-refractivity contribution in [2.45, 2.75) is 83.5 Å². The number of hydrogen-bond acceptors (Lipinski definition) is 6. The van der Waals surface area contributed by atoms with Crippen LogP contribution >= 0.6 is 11.8 Å². The first-order valence-corrected chi connectivity index (χ1v) is 13.2. The standard InChI is InChI=1S/C25H32F2O5S/c1-5-6-19-31-20-17(28)10-15-16(26)9-14-12-7-8-13(22(30)33-4)23(12,2)11-18(29)25(14,27)24(15,3)21(20)32-19/h10,12-14,16,18-19,29H,5-9,11H2,1-4H3/t12-,13-,14-,16-,18-,19?,23-,24+,25-/m0/s1. The van der Waals surface area contributed by atoms with Gasteiger partial charge in [0.1, 0.15) is 6.17 Å². The lowest BCUT2D eigenvalue weighted by atomic mass is 9.44. The molecule has 0 bridgehead atoms. The lowest BCUT2D eigenvalue weighted by Crippen LogP contribution is -2.69. The largest absolute Gasteiger partial charge is 0.454 e. The summed E-state index contributed by atoms with van der Waals surface area (Å²) in [5, 5.41) is 11.5. The van der Waals surface area contributed by atoms with Crippen molar-refractivity contribution < 1.29 is 33.0 Å². The topological polar surface area (TPSA) is 72.8 Å². The van der Waals surface area contributed by atoms with Gasteiger partial charge in [0.15, 0.2) is 16.5 Å². The number of ether oxygens (including phenoxy) is 2. The van der Waals surface area contributed by atoms with Crippen molar-refractivity contribution in [3.8, 4) is 0 Å². The summed E-state index contributed by atoms with van der Waals surface area (Å²) in [4.78, 5) is 25.5. The van der Waals surface area contributed by atoms with Crippen molar-refractivity contribution in [2.24, 2.45) is 28.6 Å². The molecule has 0 aromatic carbocycles. The maximum Gasteiger partial charge on any atom is 0.241 e. The molecular formula is C25H32F2O5S. The van der Waals surface area contributed by atoms with Crippen LogP contribution in [-0.2, 0) is 19.1 Å². The summed E-state index contributed by atoms with van der Waals surface area (Å²) in [5.41, 5.74) is -4.46. The highest BCUT2D eigenvalue weighted by atomic mass is 32.2. The Balaban J connectivity index is 1.62. The molecule has 4 aliphatic carbocycles. The van der Waals surface area contributed by atoms with E-state index in [1.165, 1.54) is 0 Å². The van der Waals surface area contributed by atoms with Crippen molar-refractivity contribution in [3.63, 3.8) is 0 Å². The lowest BCUT2D eigenvalue weighted by Gasteiger charge is -2.62. The maximum absolute atomic E-state index is 17.6. The predicted octanol–water partition coefficient (Wildman–Crippen LogP) is 4.64. The van der Waals surface area contributed by atoms with Gasteiger partial charge in [-0.05, 0) is 68.3 Å². The maximum atomic E-state index is 17.6. The van der Waals surface area contributed by atoms with Gasteiger partial charge in [0.05, 0.1) is 11.5 Å². The van der Waals surface area contributed by atoms with Gasteiger partial charge < -0.3 is 14.6 Å². The number of hydrogen-bond donors (Lipinski definition) is 1. The number of halogens is 2. The second kappa shape index (κ2) is 7.54. The van der Waals surface area contributed by atoms with Crippen molar-refractivity contribution in [2.75, 3.05) is 6.26 Å². The molecular weight excluding hydrogens is 450 g/mol. The van der Waals surface area contributed by atoms with Crippen LogP contribution < -0.4 is 0 Å². The number of fused-ring (bicyclic) bond motifs is 6. The van der Waals surface area contributed by atoms with Gasteiger partial charge in [-0.3, -0.25) is 9.59 Å². The summed E-state index contributed by atoms with van der Waals surface area (Å²) in [6.07, 6.45) is 1.66. The van der Waals surface area contributed by atoms with Crippen molar-refractivity contribution in [1.29, 1.82) is 0 Å². The first-order chi connectivity index (χ1) is 15.5. The Morgan fingerprint density at radius 2 is 2.00 bits per heavy atom. The van der Waals surface area contributed by atoms with E-state index in [9.17, 15) is 14.7 Å². The van der Waals surface area contributed by atoms with Gasteiger partial charge in [0, 0.05) is 18.3 Å². The van der Waals surface area contributed by atoms with E-state index < -0.39 is 46.8 Å². The zero-order valence-electron chi connectivity index (χ0n) is 19.5. The van der Waals surface area contributed by atoms with Crippen LogP contribution in [-0.4, -0.2) is 46.5 Å². The molecule has 5 aliphatic rings. The molecule has 0 aromatic rings. The number of allylic oxidation sites excluding steroid dienone is 2. The first kappa shape index (κ1) is 23.3. The van der Waals surface area contributed by atoms with E-state index in [1.54, 1.807) is 13.2 Å². The summed E-state index contributed by atoms with van der Waals surface area (Å²) in [6.45, 7) is 5.46. The molecule has 0 amide bonds. The second-order valence-electron chi connectivity index (χ2n) is 10.8. The molecule has 1 unspecified atom stereocenters. The number of aliphatic hydroxyl groups is 1.